The Morgan fingerprint density at radius 1 is 1.12 bits per heavy atom. The van der Waals surface area contributed by atoms with Gasteiger partial charge in [0.1, 0.15) is 6.54 Å². The Morgan fingerprint density at radius 3 is 2.50 bits per heavy atom. The Bertz CT molecular complexity index is 1050. The summed E-state index contributed by atoms with van der Waals surface area (Å²) < 4.78 is 25.7. The minimum Gasteiger partial charge on any atom is -0.325 e. The van der Waals surface area contributed by atoms with Gasteiger partial charge in [-0.15, -0.1) is 0 Å². The molecule has 0 atom stereocenters. The number of anilines is 2. The van der Waals surface area contributed by atoms with Gasteiger partial charge in [0.25, 0.3) is 0 Å². The number of pyridine rings is 1. The van der Waals surface area contributed by atoms with E-state index in [9.17, 15) is 13.2 Å². The van der Waals surface area contributed by atoms with E-state index in [0.29, 0.717) is 21.9 Å². The molecule has 2 aromatic carbocycles. The number of halogens is 1. The van der Waals surface area contributed by atoms with Gasteiger partial charge in [-0.1, -0.05) is 29.8 Å². The van der Waals surface area contributed by atoms with Crippen molar-refractivity contribution < 1.29 is 13.2 Å². The first-order valence-electron chi connectivity index (χ1n) is 7.71. The molecule has 0 aliphatic rings. The fraction of sp³-hybridized carbons (Fsp3) is 0.111. The average molecular weight is 390 g/mol. The van der Waals surface area contributed by atoms with E-state index in [-0.39, 0.29) is 6.54 Å². The number of nitrogens with one attached hydrogen (secondary N) is 1. The molecule has 3 rings (SSSR count). The van der Waals surface area contributed by atoms with E-state index in [1.54, 1.807) is 48.7 Å². The van der Waals surface area contributed by atoms with Crippen molar-refractivity contribution in [3.8, 4) is 0 Å². The number of carbonyl (C=O) groups is 1. The first-order chi connectivity index (χ1) is 12.3. The van der Waals surface area contributed by atoms with E-state index in [4.69, 9.17) is 11.6 Å². The molecule has 0 aliphatic carbocycles. The van der Waals surface area contributed by atoms with Crippen molar-refractivity contribution in [2.45, 2.75) is 0 Å². The molecule has 0 unspecified atom stereocenters. The van der Waals surface area contributed by atoms with Gasteiger partial charge in [0.15, 0.2) is 0 Å². The minimum atomic E-state index is -3.69. The molecule has 1 heterocycles. The smallest absolute Gasteiger partial charge is 0.245 e. The van der Waals surface area contributed by atoms with Gasteiger partial charge in [0.2, 0.25) is 15.9 Å². The standard InChI is InChI=1S/C18H16ClN3O3S/c1-26(24,25)22(12-17(23)21-15-9-7-14(19)8-10-15)16-6-2-4-13-5-3-11-20-18(13)16/h2-11H,12H2,1H3,(H,21,23). The second-order valence-electron chi connectivity index (χ2n) is 5.68. The maximum Gasteiger partial charge on any atom is 0.245 e. The molecule has 3 aromatic rings. The van der Waals surface area contributed by atoms with Crippen LogP contribution in [-0.2, 0) is 14.8 Å². The largest absolute Gasteiger partial charge is 0.325 e. The van der Waals surface area contributed by atoms with E-state index in [1.807, 2.05) is 12.1 Å². The van der Waals surface area contributed by atoms with Crippen LogP contribution < -0.4 is 9.62 Å². The highest BCUT2D eigenvalue weighted by Crippen LogP contribution is 2.26. The van der Waals surface area contributed by atoms with Crippen LogP contribution in [0.3, 0.4) is 0 Å². The van der Waals surface area contributed by atoms with Gasteiger partial charge in [-0.2, -0.15) is 0 Å². The minimum absolute atomic E-state index is 0.358. The van der Waals surface area contributed by atoms with Crippen molar-refractivity contribution >= 4 is 49.8 Å². The Hall–Kier alpha value is -2.64. The Morgan fingerprint density at radius 2 is 1.81 bits per heavy atom. The Labute approximate surface area is 156 Å². The summed E-state index contributed by atoms with van der Waals surface area (Å²) >= 11 is 5.82. The number of hydrogen-bond donors (Lipinski definition) is 1. The molecule has 0 radical (unpaired) electrons. The van der Waals surface area contributed by atoms with Crippen molar-refractivity contribution in [2.75, 3.05) is 22.4 Å². The fourth-order valence-electron chi connectivity index (χ4n) is 2.53. The highest BCUT2D eigenvalue weighted by Gasteiger charge is 2.23. The summed E-state index contributed by atoms with van der Waals surface area (Å²) in [7, 11) is -3.69. The summed E-state index contributed by atoms with van der Waals surface area (Å²) in [6.45, 7) is -0.364. The molecule has 1 N–H and O–H groups in total. The number of amides is 1. The zero-order valence-electron chi connectivity index (χ0n) is 13.9. The number of rotatable bonds is 5. The van der Waals surface area contributed by atoms with Crippen LogP contribution >= 0.6 is 11.6 Å². The molecule has 6 nitrogen and oxygen atoms in total. The van der Waals surface area contributed by atoms with Gasteiger partial charge in [-0.05, 0) is 36.4 Å². The summed E-state index contributed by atoms with van der Waals surface area (Å²) in [4.78, 5) is 16.7. The van der Waals surface area contributed by atoms with Crippen LogP contribution in [-0.4, -0.2) is 32.1 Å². The summed E-state index contributed by atoms with van der Waals surface area (Å²) in [5, 5.41) is 4.00. The van der Waals surface area contributed by atoms with Crippen LogP contribution in [0.5, 0.6) is 0 Å². The molecule has 134 valence electrons. The van der Waals surface area contributed by atoms with E-state index in [1.165, 1.54) is 0 Å². The molecule has 0 saturated carbocycles. The van der Waals surface area contributed by atoms with Crippen LogP contribution in [0.1, 0.15) is 0 Å². The number of carbonyl (C=O) groups excluding carboxylic acids is 1. The number of sulfonamides is 1. The first kappa shape index (κ1) is 18.2. The average Bonchev–Trinajstić information content (AvgIpc) is 2.60. The van der Waals surface area contributed by atoms with E-state index in [0.717, 1.165) is 15.9 Å². The molecular weight excluding hydrogens is 374 g/mol. The number of nitrogens with zero attached hydrogens (tertiary/aromatic N) is 2. The molecule has 0 bridgehead atoms. The molecular formula is C18H16ClN3O3S. The zero-order valence-corrected chi connectivity index (χ0v) is 15.5. The van der Waals surface area contributed by atoms with E-state index in [2.05, 4.69) is 10.3 Å². The lowest BCUT2D eigenvalue weighted by molar-refractivity contribution is -0.114. The van der Waals surface area contributed by atoms with Crippen molar-refractivity contribution in [1.29, 1.82) is 0 Å². The normalized spacial score (nSPS) is 11.3. The summed E-state index contributed by atoms with van der Waals surface area (Å²) in [6, 6.07) is 15.4. The predicted molar refractivity (Wildman–Crippen MR) is 104 cm³/mol. The molecule has 1 aromatic heterocycles. The third-order valence-corrected chi connectivity index (χ3v) is 5.07. The van der Waals surface area contributed by atoms with Crippen LogP contribution in [0.25, 0.3) is 10.9 Å². The summed E-state index contributed by atoms with van der Waals surface area (Å²) in [5.41, 5.74) is 1.40. The topological polar surface area (TPSA) is 79.4 Å². The monoisotopic (exact) mass is 389 g/mol. The van der Waals surface area contributed by atoms with Gasteiger partial charge in [-0.3, -0.25) is 14.1 Å². The molecule has 1 amide bonds. The third kappa shape index (κ3) is 4.12. The van der Waals surface area contributed by atoms with Gasteiger partial charge in [0.05, 0.1) is 17.5 Å². The lowest BCUT2D eigenvalue weighted by atomic mass is 10.2. The van der Waals surface area contributed by atoms with Crippen LogP contribution in [0, 0.1) is 0 Å². The Kier molecular flexibility index (Phi) is 5.11. The van der Waals surface area contributed by atoms with Gasteiger partial charge in [-0.25, -0.2) is 8.42 Å². The predicted octanol–water partition coefficient (Wildman–Crippen LogP) is 3.29. The maximum atomic E-state index is 12.4. The van der Waals surface area contributed by atoms with Crippen LogP contribution in [0.4, 0.5) is 11.4 Å². The summed E-state index contributed by atoms with van der Waals surface area (Å²) in [6.07, 6.45) is 2.64. The number of aromatic nitrogens is 1. The van der Waals surface area contributed by atoms with Crippen molar-refractivity contribution in [3.05, 3.63) is 65.8 Å². The lowest BCUT2D eigenvalue weighted by Gasteiger charge is -2.22. The van der Waals surface area contributed by atoms with E-state index < -0.39 is 15.9 Å². The number of para-hydroxylation sites is 1. The highest BCUT2D eigenvalue weighted by atomic mass is 35.5. The lowest BCUT2D eigenvalue weighted by Crippen LogP contribution is -2.37. The summed E-state index contributed by atoms with van der Waals surface area (Å²) in [5.74, 6) is -0.467. The molecule has 0 aliphatic heterocycles. The van der Waals surface area contributed by atoms with Crippen LogP contribution in [0.15, 0.2) is 60.8 Å². The number of fused-ring (bicyclic) bond motifs is 1. The number of hydrogen-bond acceptors (Lipinski definition) is 4. The van der Waals surface area contributed by atoms with Crippen molar-refractivity contribution in [3.63, 3.8) is 0 Å². The molecule has 0 spiro atoms. The molecule has 0 saturated heterocycles. The van der Waals surface area contributed by atoms with E-state index >= 15 is 0 Å². The maximum absolute atomic E-state index is 12.4. The Balaban J connectivity index is 1.91. The molecule has 0 fully saturated rings. The third-order valence-electron chi connectivity index (χ3n) is 3.70. The SMILES string of the molecule is CS(=O)(=O)N(CC(=O)Nc1ccc(Cl)cc1)c1cccc2cccnc12. The first-order valence-corrected chi connectivity index (χ1v) is 9.94. The quantitative estimate of drug-likeness (QED) is 0.726. The second-order valence-corrected chi connectivity index (χ2v) is 8.02. The van der Waals surface area contributed by atoms with Crippen molar-refractivity contribution in [1.82, 2.24) is 4.98 Å². The van der Waals surface area contributed by atoms with Gasteiger partial charge < -0.3 is 5.32 Å². The van der Waals surface area contributed by atoms with Gasteiger partial charge >= 0.3 is 0 Å². The fourth-order valence-corrected chi connectivity index (χ4v) is 3.52. The highest BCUT2D eigenvalue weighted by molar-refractivity contribution is 7.92. The second kappa shape index (κ2) is 7.31. The number of benzene rings is 2. The zero-order chi connectivity index (χ0) is 18.7. The molecule has 26 heavy (non-hydrogen) atoms. The molecule has 8 heteroatoms. The van der Waals surface area contributed by atoms with Gasteiger partial charge in [0, 0.05) is 22.3 Å². The van der Waals surface area contributed by atoms with Crippen LogP contribution in [0.2, 0.25) is 5.02 Å². The van der Waals surface area contributed by atoms with Crippen molar-refractivity contribution in [2.24, 2.45) is 0 Å².